The van der Waals surface area contributed by atoms with Crippen molar-refractivity contribution in [1.29, 1.82) is 0 Å². The second-order valence-electron chi connectivity index (χ2n) is 5.49. The number of hydrogen-bond donors (Lipinski definition) is 3. The van der Waals surface area contributed by atoms with Crippen LogP contribution in [0.25, 0.3) is 11.2 Å². The van der Waals surface area contributed by atoms with E-state index >= 15 is 0 Å². The number of anilines is 1. The first-order valence-corrected chi connectivity index (χ1v) is 7.68. The van der Waals surface area contributed by atoms with Gasteiger partial charge in [0.05, 0.1) is 19.0 Å². The van der Waals surface area contributed by atoms with Crippen LogP contribution in [0.15, 0.2) is 6.33 Å². The molecule has 1 saturated heterocycles. The van der Waals surface area contributed by atoms with Gasteiger partial charge in [-0.05, 0) is 11.6 Å². The number of ether oxygens (including phenoxy) is 2. The summed E-state index contributed by atoms with van der Waals surface area (Å²) in [6.07, 6.45) is -4.41. The zero-order chi connectivity index (χ0) is 19.0. The maximum absolute atomic E-state index is 14.4. The highest BCUT2D eigenvalue weighted by molar-refractivity contribution is 6.28. The Hall–Kier alpha value is -2.57. The Kier molecular flexibility index (Phi) is 4.89. The van der Waals surface area contributed by atoms with Crippen LogP contribution in [0.5, 0.6) is 0 Å². The fourth-order valence-electron chi connectivity index (χ4n) is 2.60. The van der Waals surface area contributed by atoms with Gasteiger partial charge in [-0.2, -0.15) is 9.97 Å². The fraction of sp³-hybridized carbons (Fsp3) is 0.462. The van der Waals surface area contributed by atoms with Crippen LogP contribution in [0.2, 0.25) is 5.28 Å². The molecule has 0 radical (unpaired) electrons. The molecule has 0 bridgehead atoms. The second kappa shape index (κ2) is 6.97. The summed E-state index contributed by atoms with van der Waals surface area (Å²) in [6, 6.07) is 0. The Morgan fingerprint density at radius 3 is 2.81 bits per heavy atom. The van der Waals surface area contributed by atoms with Gasteiger partial charge < -0.3 is 25.4 Å². The number of imidazole rings is 1. The maximum Gasteiger partial charge on any atom is 0.344 e. The summed E-state index contributed by atoms with van der Waals surface area (Å²) in [5.74, 6) is -3.30. The number of aromatic nitrogens is 4. The van der Waals surface area contributed by atoms with E-state index in [1.165, 1.54) is 10.9 Å². The van der Waals surface area contributed by atoms with Crippen molar-refractivity contribution in [3.8, 4) is 0 Å². The van der Waals surface area contributed by atoms with Gasteiger partial charge >= 0.3 is 11.9 Å². The molecule has 4 N–H and O–H groups in total. The zero-order valence-electron chi connectivity index (χ0n) is 13.0. The van der Waals surface area contributed by atoms with Gasteiger partial charge in [-0.1, -0.05) is 0 Å². The van der Waals surface area contributed by atoms with Gasteiger partial charge in [0.1, 0.15) is 11.7 Å². The lowest BCUT2D eigenvalue weighted by Gasteiger charge is -2.17. The van der Waals surface area contributed by atoms with E-state index in [1.807, 2.05) is 0 Å². The maximum atomic E-state index is 14.4. The van der Waals surface area contributed by atoms with E-state index in [0.717, 1.165) is 0 Å². The summed E-state index contributed by atoms with van der Waals surface area (Å²) in [6.45, 7) is -0.412. The third kappa shape index (κ3) is 3.38. The van der Waals surface area contributed by atoms with Gasteiger partial charge in [-0.3, -0.25) is 4.57 Å². The van der Waals surface area contributed by atoms with Crippen LogP contribution in [-0.4, -0.2) is 66.7 Å². The number of alkyl halides is 1. The van der Waals surface area contributed by atoms with Gasteiger partial charge in [0, 0.05) is 6.42 Å². The van der Waals surface area contributed by atoms with Crippen molar-refractivity contribution in [3.05, 3.63) is 11.6 Å². The predicted molar refractivity (Wildman–Crippen MR) is 83.2 cm³/mol. The summed E-state index contributed by atoms with van der Waals surface area (Å²) < 4.78 is 26.0. The molecule has 1 aliphatic rings. The smallest absolute Gasteiger partial charge is 0.344 e. The first kappa shape index (κ1) is 18.2. The number of nitrogens with zero attached hydrogens (tertiary/aromatic N) is 4. The minimum atomic E-state index is -2.06. The highest BCUT2D eigenvalue weighted by Gasteiger charge is 2.39. The van der Waals surface area contributed by atoms with E-state index in [9.17, 15) is 14.0 Å². The van der Waals surface area contributed by atoms with Crippen LogP contribution in [0.4, 0.5) is 10.2 Å². The molecule has 3 rings (SSSR count). The fourth-order valence-corrected chi connectivity index (χ4v) is 2.77. The molecule has 140 valence electrons. The van der Waals surface area contributed by atoms with Crippen molar-refractivity contribution in [2.75, 3.05) is 12.3 Å². The molecule has 0 saturated carbocycles. The molecular formula is C13H13ClFN5O6. The van der Waals surface area contributed by atoms with Crippen LogP contribution >= 0.6 is 11.6 Å². The van der Waals surface area contributed by atoms with E-state index in [1.54, 1.807) is 0 Å². The molecule has 0 unspecified atom stereocenters. The molecule has 0 amide bonds. The van der Waals surface area contributed by atoms with E-state index < -0.39 is 43.2 Å². The Balaban J connectivity index is 1.75. The molecule has 13 heteroatoms. The third-order valence-electron chi connectivity index (χ3n) is 3.72. The topological polar surface area (TPSA) is 163 Å². The molecule has 1 fully saturated rings. The van der Waals surface area contributed by atoms with Gasteiger partial charge in [0.15, 0.2) is 17.7 Å². The monoisotopic (exact) mass is 389 g/mol. The predicted octanol–water partition coefficient (Wildman–Crippen LogP) is 0.242. The first-order chi connectivity index (χ1) is 12.3. The van der Waals surface area contributed by atoms with Crippen molar-refractivity contribution >= 4 is 40.5 Å². The Labute approximate surface area is 149 Å². The summed E-state index contributed by atoms with van der Waals surface area (Å²) in [5, 5.41) is 17.4. The number of halogens is 2. The highest BCUT2D eigenvalue weighted by Crippen LogP contribution is 2.34. The Morgan fingerprint density at radius 1 is 1.46 bits per heavy atom. The zero-order valence-corrected chi connectivity index (χ0v) is 13.7. The average molecular weight is 390 g/mol. The normalized spacial score (nSPS) is 23.0. The number of aliphatic carboxylic acids is 2. The Morgan fingerprint density at radius 2 is 2.15 bits per heavy atom. The minimum absolute atomic E-state index is 0.0257. The van der Waals surface area contributed by atoms with Gasteiger partial charge in [-0.25, -0.2) is 19.0 Å². The summed E-state index contributed by atoms with van der Waals surface area (Å²) in [5.41, 5.74) is 6.09. The number of carbonyl (C=O) groups is 2. The first-order valence-electron chi connectivity index (χ1n) is 7.30. The summed E-state index contributed by atoms with van der Waals surface area (Å²) in [4.78, 5) is 33.3. The minimum Gasteiger partial charge on any atom is -0.479 e. The molecule has 2 aromatic rings. The number of hydrogen-bond acceptors (Lipinski definition) is 8. The van der Waals surface area contributed by atoms with Crippen molar-refractivity contribution in [2.45, 2.75) is 31.0 Å². The standard InChI is InChI=1S/C13H13ClFN5O6/c14-13-18-8(16)6-9(19-13)20(3-17-6)10-5(15)1-4(26-10)2-25-7(11(21)22)12(23)24/h3-5,7,10H,1-2H2,(H,21,22)(H,23,24)(H2,16,18,19)/t4-,5-,10+/m0/s1. The van der Waals surface area contributed by atoms with E-state index in [0.29, 0.717) is 0 Å². The van der Waals surface area contributed by atoms with Gasteiger partial charge in [0.2, 0.25) is 5.28 Å². The van der Waals surface area contributed by atoms with Crippen LogP contribution in [0.1, 0.15) is 12.6 Å². The molecule has 3 atom stereocenters. The van der Waals surface area contributed by atoms with Gasteiger partial charge in [-0.15, -0.1) is 0 Å². The molecule has 26 heavy (non-hydrogen) atoms. The second-order valence-corrected chi connectivity index (χ2v) is 5.83. The molecule has 2 aromatic heterocycles. The number of fused-ring (bicyclic) bond motifs is 1. The highest BCUT2D eigenvalue weighted by atomic mass is 35.5. The number of carboxylic acids is 2. The number of nitrogen functional groups attached to an aromatic ring is 1. The van der Waals surface area contributed by atoms with E-state index in [4.69, 9.17) is 37.0 Å². The molecule has 0 spiro atoms. The van der Waals surface area contributed by atoms with Crippen molar-refractivity contribution < 1.29 is 33.7 Å². The number of carboxylic acid groups (broad SMARTS) is 2. The lowest BCUT2D eigenvalue weighted by Crippen LogP contribution is -2.35. The van der Waals surface area contributed by atoms with Crippen LogP contribution in [-0.2, 0) is 19.1 Å². The number of rotatable bonds is 6. The van der Waals surface area contributed by atoms with Crippen molar-refractivity contribution in [1.82, 2.24) is 19.5 Å². The summed E-state index contributed by atoms with van der Waals surface area (Å²) in [7, 11) is 0. The average Bonchev–Trinajstić information content (AvgIpc) is 3.10. The number of nitrogens with two attached hydrogens (primary N) is 1. The SMILES string of the molecule is Nc1nc(Cl)nc2c1ncn2[C@@H]1O[C@H](COC(C(=O)O)C(=O)O)C[C@@H]1F. The largest absolute Gasteiger partial charge is 0.479 e. The van der Waals surface area contributed by atoms with Crippen LogP contribution in [0, 0.1) is 0 Å². The molecule has 0 aromatic carbocycles. The lowest BCUT2D eigenvalue weighted by molar-refractivity contribution is -0.168. The molecule has 3 heterocycles. The van der Waals surface area contributed by atoms with Crippen molar-refractivity contribution in [3.63, 3.8) is 0 Å². The quantitative estimate of drug-likeness (QED) is 0.460. The molecule has 11 nitrogen and oxygen atoms in total. The molecule has 1 aliphatic heterocycles. The van der Waals surface area contributed by atoms with E-state index in [2.05, 4.69) is 15.0 Å². The Bertz CT molecular complexity index is 849. The third-order valence-corrected chi connectivity index (χ3v) is 3.89. The van der Waals surface area contributed by atoms with Crippen LogP contribution in [0.3, 0.4) is 0 Å². The van der Waals surface area contributed by atoms with Gasteiger partial charge in [0.25, 0.3) is 6.10 Å². The van der Waals surface area contributed by atoms with Crippen molar-refractivity contribution in [2.24, 2.45) is 0 Å². The summed E-state index contributed by atoms with van der Waals surface area (Å²) >= 11 is 5.76. The molecule has 0 aliphatic carbocycles. The van der Waals surface area contributed by atoms with E-state index in [-0.39, 0.29) is 28.7 Å². The lowest BCUT2D eigenvalue weighted by atomic mass is 10.2. The van der Waals surface area contributed by atoms with Crippen LogP contribution < -0.4 is 5.73 Å². The molecular weight excluding hydrogens is 377 g/mol.